The summed E-state index contributed by atoms with van der Waals surface area (Å²) in [4.78, 5) is 12.3. The summed E-state index contributed by atoms with van der Waals surface area (Å²) in [5.74, 6) is 1.37. The van der Waals surface area contributed by atoms with Gasteiger partial charge in [-0.2, -0.15) is 0 Å². The number of ether oxygens (including phenoxy) is 3. The predicted octanol–water partition coefficient (Wildman–Crippen LogP) is 4.31. The number of para-hydroxylation sites is 1. The number of amides is 1. The number of carbonyl (C=O) groups is 1. The van der Waals surface area contributed by atoms with Crippen LogP contribution < -0.4 is 19.5 Å². The minimum atomic E-state index is -0.342. The summed E-state index contributed by atoms with van der Waals surface area (Å²) in [6, 6.07) is 12.7. The second kappa shape index (κ2) is 8.50. The van der Waals surface area contributed by atoms with Gasteiger partial charge >= 0.3 is 0 Å². The van der Waals surface area contributed by atoms with E-state index in [0.29, 0.717) is 46.2 Å². The first-order valence-corrected chi connectivity index (χ1v) is 9.88. The van der Waals surface area contributed by atoms with Crippen LogP contribution in [0.25, 0.3) is 11.1 Å². The number of hydrogen-bond donors (Lipinski definition) is 1. The summed E-state index contributed by atoms with van der Waals surface area (Å²) in [6.07, 6.45) is 1.71. The Hall–Kier alpha value is -3.10. The van der Waals surface area contributed by atoms with Gasteiger partial charge in [-0.1, -0.05) is 41.1 Å². The van der Waals surface area contributed by atoms with Crippen molar-refractivity contribution in [3.05, 3.63) is 58.0 Å². The molecule has 1 aliphatic heterocycles. The molecule has 0 bridgehead atoms. The third-order valence-electron chi connectivity index (χ3n) is 4.00. The zero-order chi connectivity index (χ0) is 20.2. The van der Waals surface area contributed by atoms with Gasteiger partial charge in [0.1, 0.15) is 13.2 Å². The van der Waals surface area contributed by atoms with Crippen LogP contribution >= 0.6 is 22.9 Å². The van der Waals surface area contributed by atoms with Crippen LogP contribution in [0.15, 0.2) is 42.5 Å². The smallest absolute Gasteiger partial charge is 0.286 e. The van der Waals surface area contributed by atoms with Crippen LogP contribution in [0, 0.1) is 0 Å². The minimum Gasteiger partial charge on any atom is -0.493 e. The molecule has 3 aromatic rings. The first-order valence-electron chi connectivity index (χ1n) is 8.69. The number of halogens is 1. The van der Waals surface area contributed by atoms with E-state index in [1.54, 1.807) is 31.4 Å². The van der Waals surface area contributed by atoms with E-state index in [1.807, 2.05) is 24.3 Å². The van der Waals surface area contributed by atoms with Crippen molar-refractivity contribution in [2.24, 2.45) is 0 Å². The van der Waals surface area contributed by atoms with Gasteiger partial charge in [0, 0.05) is 5.69 Å². The van der Waals surface area contributed by atoms with Crippen LogP contribution in [0.3, 0.4) is 0 Å². The highest BCUT2D eigenvalue weighted by Gasteiger charge is 2.19. The van der Waals surface area contributed by atoms with E-state index in [4.69, 9.17) is 25.8 Å². The number of nitrogens with zero attached hydrogens (tertiary/aromatic N) is 2. The molecule has 2 aromatic carbocycles. The standard InChI is InChI=1S/C20H16ClN3O4S/c1-26-15-10-12(11-16-17(15)28-8-7-27-16)9-14(21)19-23-24-20(29-19)18(25)22-13-5-3-2-4-6-13/h2-6,9-11H,7-8H2,1H3,(H,22,25)/b14-9-. The minimum absolute atomic E-state index is 0.218. The molecular weight excluding hydrogens is 414 g/mol. The molecule has 0 radical (unpaired) electrons. The fraction of sp³-hybridized carbons (Fsp3) is 0.150. The molecule has 7 nitrogen and oxygen atoms in total. The summed E-state index contributed by atoms with van der Waals surface area (Å²) in [7, 11) is 1.56. The predicted molar refractivity (Wildman–Crippen MR) is 112 cm³/mol. The fourth-order valence-electron chi connectivity index (χ4n) is 2.70. The molecule has 0 fully saturated rings. The molecule has 9 heteroatoms. The van der Waals surface area contributed by atoms with Gasteiger partial charge in [0.25, 0.3) is 5.91 Å². The lowest BCUT2D eigenvalue weighted by molar-refractivity contribution is 0.102. The van der Waals surface area contributed by atoms with Gasteiger partial charge in [-0.3, -0.25) is 4.79 Å². The van der Waals surface area contributed by atoms with Gasteiger partial charge in [-0.05, 0) is 35.9 Å². The maximum atomic E-state index is 12.3. The number of anilines is 1. The molecule has 0 saturated carbocycles. The van der Waals surface area contributed by atoms with Gasteiger partial charge in [-0.25, -0.2) is 0 Å². The Bertz CT molecular complexity index is 1050. The molecule has 1 amide bonds. The van der Waals surface area contributed by atoms with Crippen molar-refractivity contribution < 1.29 is 19.0 Å². The maximum Gasteiger partial charge on any atom is 0.286 e. The molecule has 29 heavy (non-hydrogen) atoms. The number of benzene rings is 2. The molecule has 0 atom stereocenters. The fourth-order valence-corrected chi connectivity index (χ4v) is 3.63. The van der Waals surface area contributed by atoms with Crippen molar-refractivity contribution in [3.63, 3.8) is 0 Å². The molecule has 0 unspecified atom stereocenters. The number of aromatic nitrogens is 2. The highest BCUT2D eigenvalue weighted by atomic mass is 35.5. The van der Waals surface area contributed by atoms with Crippen LogP contribution in [0.1, 0.15) is 20.4 Å². The molecule has 148 valence electrons. The molecule has 0 aliphatic carbocycles. The number of fused-ring (bicyclic) bond motifs is 1. The molecule has 0 saturated heterocycles. The number of methoxy groups -OCH3 is 1. The van der Waals surface area contributed by atoms with Crippen molar-refractivity contribution in [2.45, 2.75) is 0 Å². The van der Waals surface area contributed by atoms with Gasteiger partial charge in [0.15, 0.2) is 16.5 Å². The average Bonchev–Trinajstić information content (AvgIpc) is 3.24. The molecule has 1 aliphatic rings. The highest BCUT2D eigenvalue weighted by molar-refractivity contribution is 7.15. The summed E-state index contributed by atoms with van der Waals surface area (Å²) in [6.45, 7) is 0.936. The molecule has 4 rings (SSSR count). The Labute approximate surface area is 175 Å². The Morgan fingerprint density at radius 2 is 1.93 bits per heavy atom. The Morgan fingerprint density at radius 3 is 2.72 bits per heavy atom. The average molecular weight is 430 g/mol. The van der Waals surface area contributed by atoms with E-state index in [0.717, 1.165) is 16.9 Å². The number of hydrogen-bond acceptors (Lipinski definition) is 7. The molecular formula is C20H16ClN3O4S. The van der Waals surface area contributed by atoms with Crippen molar-refractivity contribution in [3.8, 4) is 17.2 Å². The topological polar surface area (TPSA) is 82.6 Å². The highest BCUT2D eigenvalue weighted by Crippen LogP contribution is 2.41. The lowest BCUT2D eigenvalue weighted by Crippen LogP contribution is -2.16. The van der Waals surface area contributed by atoms with E-state index in [2.05, 4.69) is 15.5 Å². The third kappa shape index (κ3) is 4.33. The van der Waals surface area contributed by atoms with Crippen LogP contribution in [0.5, 0.6) is 17.2 Å². The summed E-state index contributed by atoms with van der Waals surface area (Å²) >= 11 is 7.53. The number of carbonyl (C=O) groups excluding carboxylic acids is 1. The Morgan fingerprint density at radius 1 is 1.17 bits per heavy atom. The van der Waals surface area contributed by atoms with E-state index in [1.165, 1.54) is 0 Å². The molecule has 2 heterocycles. The Kier molecular flexibility index (Phi) is 5.64. The SMILES string of the molecule is COc1cc(/C=C(\Cl)c2nnc(C(=O)Nc3ccccc3)s2)cc2c1OCCO2. The van der Waals surface area contributed by atoms with E-state index in [9.17, 15) is 4.79 Å². The van der Waals surface area contributed by atoms with Crippen LogP contribution in [0.4, 0.5) is 5.69 Å². The van der Waals surface area contributed by atoms with Crippen LogP contribution in [0.2, 0.25) is 0 Å². The molecule has 1 aromatic heterocycles. The zero-order valence-electron chi connectivity index (χ0n) is 15.3. The van der Waals surface area contributed by atoms with Crippen molar-refractivity contribution in [1.82, 2.24) is 10.2 Å². The van der Waals surface area contributed by atoms with Gasteiger partial charge in [0.2, 0.25) is 10.8 Å². The zero-order valence-corrected chi connectivity index (χ0v) is 16.9. The molecule has 0 spiro atoms. The quantitative estimate of drug-likeness (QED) is 0.650. The first-order chi connectivity index (χ1) is 14.1. The summed E-state index contributed by atoms with van der Waals surface area (Å²) < 4.78 is 16.6. The van der Waals surface area contributed by atoms with E-state index in [-0.39, 0.29) is 10.9 Å². The molecule has 1 N–H and O–H groups in total. The van der Waals surface area contributed by atoms with Gasteiger partial charge < -0.3 is 19.5 Å². The third-order valence-corrected chi connectivity index (χ3v) is 5.35. The second-order valence-corrected chi connectivity index (χ2v) is 7.36. The number of rotatable bonds is 5. The first kappa shape index (κ1) is 19.2. The van der Waals surface area contributed by atoms with Gasteiger partial charge in [-0.15, -0.1) is 10.2 Å². The lowest BCUT2D eigenvalue weighted by Gasteiger charge is -2.21. The maximum absolute atomic E-state index is 12.3. The van der Waals surface area contributed by atoms with Crippen molar-refractivity contribution >= 4 is 45.6 Å². The lowest BCUT2D eigenvalue weighted by atomic mass is 10.1. The second-order valence-electron chi connectivity index (χ2n) is 5.97. The summed E-state index contributed by atoms with van der Waals surface area (Å²) in [5.41, 5.74) is 1.43. The largest absolute Gasteiger partial charge is 0.493 e. The van der Waals surface area contributed by atoms with E-state index >= 15 is 0 Å². The monoisotopic (exact) mass is 429 g/mol. The van der Waals surface area contributed by atoms with Crippen LogP contribution in [-0.2, 0) is 0 Å². The van der Waals surface area contributed by atoms with E-state index < -0.39 is 0 Å². The Balaban J connectivity index is 1.55. The summed E-state index contributed by atoms with van der Waals surface area (Å²) in [5, 5.41) is 11.7. The van der Waals surface area contributed by atoms with Crippen LogP contribution in [-0.4, -0.2) is 36.4 Å². The van der Waals surface area contributed by atoms with Crippen molar-refractivity contribution in [2.75, 3.05) is 25.6 Å². The normalized spacial score (nSPS) is 13.1. The van der Waals surface area contributed by atoms with Crippen molar-refractivity contribution in [1.29, 1.82) is 0 Å². The van der Waals surface area contributed by atoms with Gasteiger partial charge in [0.05, 0.1) is 12.1 Å². The number of nitrogens with one attached hydrogen (secondary N) is 1.